The highest BCUT2D eigenvalue weighted by Gasteiger charge is 2.61. The topological polar surface area (TPSA) is 73.8 Å². The summed E-state index contributed by atoms with van der Waals surface area (Å²) in [5.41, 5.74) is 0. The van der Waals surface area contributed by atoms with Crippen molar-refractivity contribution in [2.45, 2.75) is 105 Å². The highest BCUT2D eigenvalue weighted by molar-refractivity contribution is 6.95. The molecule has 0 spiro atoms. The van der Waals surface area contributed by atoms with Crippen molar-refractivity contribution in [2.75, 3.05) is 51.3 Å². The molecule has 0 radical (unpaired) electrons. The molecule has 1 aliphatic heterocycles. The van der Waals surface area contributed by atoms with Gasteiger partial charge in [-0.05, 0) is 49.9 Å². The van der Waals surface area contributed by atoms with Gasteiger partial charge in [-0.1, -0.05) is 55.4 Å². The molecule has 0 aromatic carbocycles. The number of rotatable bonds is 20. The first-order chi connectivity index (χ1) is 17.3. The van der Waals surface area contributed by atoms with Gasteiger partial charge in [0.05, 0.1) is 24.9 Å². The van der Waals surface area contributed by atoms with Gasteiger partial charge in [-0.2, -0.15) is 0 Å². The quantitative estimate of drug-likeness (QED) is 0.132. The summed E-state index contributed by atoms with van der Waals surface area (Å²) in [6, 6.07) is 3.06. The maximum atomic E-state index is 7.25. The Kier molecular flexibility index (Phi) is 17.3. The monoisotopic (exact) mass is 584 g/mol. The van der Waals surface area contributed by atoms with E-state index in [1.807, 2.05) is 0 Å². The van der Waals surface area contributed by atoms with Crippen LogP contribution >= 0.6 is 0 Å². The van der Waals surface area contributed by atoms with E-state index in [1.165, 1.54) is 0 Å². The highest BCUT2D eigenvalue weighted by Crippen LogP contribution is 2.37. The molecule has 36 heavy (non-hydrogen) atoms. The van der Waals surface area contributed by atoms with E-state index >= 15 is 0 Å². The number of hydrogen-bond acceptors (Lipinski definition) is 8. The van der Waals surface area contributed by atoms with Crippen LogP contribution in [-0.4, -0.2) is 85.6 Å². The predicted molar refractivity (Wildman–Crippen MR) is 154 cm³/mol. The lowest BCUT2D eigenvalue weighted by Gasteiger charge is -2.52. The van der Waals surface area contributed by atoms with Crippen molar-refractivity contribution in [1.29, 1.82) is 0 Å². The third-order valence-electron chi connectivity index (χ3n) is 6.32. The van der Waals surface area contributed by atoms with Crippen LogP contribution < -0.4 is 0 Å². The van der Waals surface area contributed by atoms with E-state index in [0.717, 1.165) is 49.9 Å². The Morgan fingerprint density at radius 2 is 0.556 bits per heavy atom. The molecule has 216 valence electrons. The highest BCUT2D eigenvalue weighted by atomic mass is 28.5. The molecule has 0 aliphatic carbocycles. The van der Waals surface area contributed by atoms with Crippen molar-refractivity contribution in [3.63, 3.8) is 0 Å². The van der Waals surface area contributed by atoms with Gasteiger partial charge in [-0.15, -0.1) is 0 Å². The molecule has 0 unspecified atom stereocenters. The van der Waals surface area contributed by atoms with Crippen LogP contribution in [-0.2, 0) is 35.4 Å². The first-order valence-corrected chi connectivity index (χ1v) is 23.4. The first kappa shape index (κ1) is 34.6. The lowest BCUT2D eigenvalue weighted by atomic mass is 10.5. The minimum Gasteiger partial charge on any atom is -0.413 e. The van der Waals surface area contributed by atoms with Crippen LogP contribution in [0.25, 0.3) is 0 Å². The Balaban J connectivity index is 3.57. The van der Waals surface area contributed by atoms with E-state index in [-0.39, 0.29) is 0 Å². The van der Waals surface area contributed by atoms with Crippen LogP contribution in [0.15, 0.2) is 0 Å². The van der Waals surface area contributed by atoms with Gasteiger partial charge in [0.15, 0.2) is 0 Å². The first-order valence-electron chi connectivity index (χ1n) is 14.4. The van der Waals surface area contributed by atoms with Gasteiger partial charge in [0.1, 0.15) is 0 Å². The molecule has 0 amide bonds. The third kappa shape index (κ3) is 10.6. The van der Waals surface area contributed by atoms with Crippen molar-refractivity contribution in [3.05, 3.63) is 0 Å². The molecular formula is C24H56O8Si4. The largest absolute Gasteiger partial charge is 0.413 e. The van der Waals surface area contributed by atoms with Crippen molar-refractivity contribution in [3.8, 4) is 0 Å². The molecule has 1 rings (SSSR count). The normalized spacial score (nSPS) is 31.3. The Bertz CT molecular complexity index is 468. The Labute approximate surface area is 226 Å². The molecule has 1 saturated heterocycles. The van der Waals surface area contributed by atoms with E-state index in [1.54, 1.807) is 0 Å². The Hall–Kier alpha value is 0.548. The standard InChI is InChI=1S/C24H56O8Si4/c1-9-17-25-21-33(13-5)29-34(14-6,22-26-18-10-2)31-36(16-8,24-28-20-12-4)32-35(15-7,30-33)23-27-19-11-3/h9-24H2,1-8H3. The van der Waals surface area contributed by atoms with Gasteiger partial charge < -0.3 is 35.4 Å². The molecule has 0 atom stereocenters. The summed E-state index contributed by atoms with van der Waals surface area (Å²) in [6.07, 6.45) is 5.71. The zero-order chi connectivity index (χ0) is 27.0. The maximum Gasteiger partial charge on any atom is 0.347 e. The van der Waals surface area contributed by atoms with Crippen LogP contribution in [0.1, 0.15) is 81.1 Å². The van der Waals surface area contributed by atoms with E-state index in [0.29, 0.717) is 51.3 Å². The van der Waals surface area contributed by atoms with Crippen LogP contribution in [0, 0.1) is 0 Å². The van der Waals surface area contributed by atoms with Gasteiger partial charge in [0.25, 0.3) is 0 Å². The summed E-state index contributed by atoms with van der Waals surface area (Å²) in [7, 11) is -11.4. The summed E-state index contributed by atoms with van der Waals surface area (Å²) in [5.74, 6) is 0. The summed E-state index contributed by atoms with van der Waals surface area (Å²) in [5, 5.41) is 0. The zero-order valence-electron chi connectivity index (χ0n) is 24.6. The fourth-order valence-electron chi connectivity index (χ4n) is 4.15. The minimum absolute atomic E-state index is 0.474. The second-order valence-electron chi connectivity index (χ2n) is 9.68. The average molecular weight is 585 g/mol. The maximum absolute atomic E-state index is 7.25. The van der Waals surface area contributed by atoms with Gasteiger partial charge in [0.2, 0.25) is 0 Å². The molecule has 1 aliphatic rings. The molecule has 0 aromatic heterocycles. The van der Waals surface area contributed by atoms with Crippen molar-refractivity contribution in [1.82, 2.24) is 0 Å². The fraction of sp³-hybridized carbons (Fsp3) is 1.00. The number of hydrogen-bond donors (Lipinski definition) is 0. The lowest BCUT2D eigenvalue weighted by molar-refractivity contribution is 0.0847. The van der Waals surface area contributed by atoms with Gasteiger partial charge in [-0.3, -0.25) is 0 Å². The van der Waals surface area contributed by atoms with Crippen molar-refractivity contribution < 1.29 is 35.4 Å². The molecule has 0 N–H and O–H groups in total. The van der Waals surface area contributed by atoms with E-state index in [9.17, 15) is 0 Å². The predicted octanol–water partition coefficient (Wildman–Crippen LogP) is 5.78. The summed E-state index contributed by atoms with van der Waals surface area (Å²) in [6.45, 7) is 19.8. The second kappa shape index (κ2) is 18.0. The molecule has 12 heteroatoms. The molecule has 0 saturated carbocycles. The van der Waals surface area contributed by atoms with E-state index in [2.05, 4.69) is 55.4 Å². The third-order valence-corrected chi connectivity index (χ3v) is 25.1. The summed E-state index contributed by atoms with van der Waals surface area (Å²) < 4.78 is 53.6. The summed E-state index contributed by atoms with van der Waals surface area (Å²) >= 11 is 0. The Morgan fingerprint density at radius 1 is 0.361 bits per heavy atom. The lowest BCUT2D eigenvalue weighted by Crippen LogP contribution is -2.74. The minimum atomic E-state index is -2.85. The number of ether oxygens (including phenoxy) is 4. The molecule has 1 heterocycles. The Morgan fingerprint density at radius 3 is 0.694 bits per heavy atom. The van der Waals surface area contributed by atoms with Crippen LogP contribution in [0.2, 0.25) is 24.2 Å². The van der Waals surface area contributed by atoms with Crippen LogP contribution in [0.4, 0.5) is 0 Å². The zero-order valence-corrected chi connectivity index (χ0v) is 28.6. The molecule has 0 bridgehead atoms. The van der Waals surface area contributed by atoms with E-state index < -0.39 is 34.2 Å². The molecule has 1 fully saturated rings. The fourth-order valence-corrected chi connectivity index (χ4v) is 26.3. The molecular weight excluding hydrogens is 529 g/mol. The van der Waals surface area contributed by atoms with E-state index in [4.69, 9.17) is 35.4 Å². The van der Waals surface area contributed by atoms with Crippen LogP contribution in [0.5, 0.6) is 0 Å². The molecule has 8 nitrogen and oxygen atoms in total. The van der Waals surface area contributed by atoms with Crippen LogP contribution in [0.3, 0.4) is 0 Å². The SMILES string of the molecule is CCCOC[Si]1(CC)O[Si](CC)(COCCC)O[Si](CC)(COCCC)O[Si](CC)(COCCC)O1. The van der Waals surface area contributed by atoms with Gasteiger partial charge in [-0.25, -0.2) is 0 Å². The van der Waals surface area contributed by atoms with Gasteiger partial charge in [0, 0.05) is 26.4 Å². The molecule has 0 aromatic rings. The van der Waals surface area contributed by atoms with Crippen molar-refractivity contribution >= 4 is 34.2 Å². The van der Waals surface area contributed by atoms with Crippen molar-refractivity contribution in [2.24, 2.45) is 0 Å². The summed E-state index contributed by atoms with van der Waals surface area (Å²) in [4.78, 5) is 0. The average Bonchev–Trinajstić information content (AvgIpc) is 2.88. The smallest absolute Gasteiger partial charge is 0.347 e. The second-order valence-corrected chi connectivity index (χ2v) is 24.2. The van der Waals surface area contributed by atoms with Gasteiger partial charge >= 0.3 is 34.2 Å².